The van der Waals surface area contributed by atoms with Gasteiger partial charge in [-0.05, 0) is 23.8 Å². The van der Waals surface area contributed by atoms with Crippen LogP contribution in [-0.4, -0.2) is 30.0 Å². The van der Waals surface area contributed by atoms with Crippen LogP contribution in [0.15, 0.2) is 48.5 Å². The SMILES string of the molecule is CN(C)C(=O)c1cccc(COc2ccccc2CO)c1. The zero-order chi connectivity index (χ0) is 15.2. The molecule has 1 amide bonds. The number of carbonyl (C=O) groups is 1. The van der Waals surface area contributed by atoms with Crippen LogP contribution in [0.2, 0.25) is 0 Å². The fourth-order valence-electron chi connectivity index (χ4n) is 1.99. The highest BCUT2D eigenvalue weighted by atomic mass is 16.5. The maximum atomic E-state index is 11.9. The molecule has 110 valence electrons. The molecule has 0 aliphatic carbocycles. The van der Waals surface area contributed by atoms with E-state index in [2.05, 4.69) is 0 Å². The van der Waals surface area contributed by atoms with Gasteiger partial charge < -0.3 is 14.7 Å². The largest absolute Gasteiger partial charge is 0.489 e. The Bertz CT molecular complexity index is 623. The Balaban J connectivity index is 2.10. The van der Waals surface area contributed by atoms with Crippen molar-refractivity contribution in [2.75, 3.05) is 14.1 Å². The third kappa shape index (κ3) is 3.83. The van der Waals surface area contributed by atoms with E-state index < -0.39 is 0 Å². The van der Waals surface area contributed by atoms with Crippen molar-refractivity contribution in [2.45, 2.75) is 13.2 Å². The topological polar surface area (TPSA) is 49.8 Å². The van der Waals surface area contributed by atoms with E-state index in [-0.39, 0.29) is 12.5 Å². The molecule has 0 saturated heterocycles. The van der Waals surface area contributed by atoms with Gasteiger partial charge in [0.05, 0.1) is 6.61 Å². The van der Waals surface area contributed by atoms with Crippen LogP contribution in [-0.2, 0) is 13.2 Å². The van der Waals surface area contributed by atoms with E-state index in [0.717, 1.165) is 11.1 Å². The van der Waals surface area contributed by atoms with Crippen LogP contribution in [0.5, 0.6) is 5.75 Å². The minimum atomic E-state index is -0.0602. The molecule has 0 saturated carbocycles. The predicted octanol–water partition coefficient (Wildman–Crippen LogP) is 2.46. The summed E-state index contributed by atoms with van der Waals surface area (Å²) < 4.78 is 5.72. The van der Waals surface area contributed by atoms with Crippen molar-refractivity contribution in [1.29, 1.82) is 0 Å². The second-order valence-electron chi connectivity index (χ2n) is 4.95. The number of carbonyl (C=O) groups excluding carboxylic acids is 1. The first-order chi connectivity index (χ1) is 10.1. The van der Waals surface area contributed by atoms with E-state index in [1.807, 2.05) is 42.5 Å². The summed E-state index contributed by atoms with van der Waals surface area (Å²) in [4.78, 5) is 13.5. The number of hydrogen-bond donors (Lipinski definition) is 1. The maximum absolute atomic E-state index is 11.9. The number of aliphatic hydroxyl groups excluding tert-OH is 1. The number of amides is 1. The lowest BCUT2D eigenvalue weighted by Gasteiger charge is -2.12. The maximum Gasteiger partial charge on any atom is 0.253 e. The van der Waals surface area contributed by atoms with Gasteiger partial charge in [-0.15, -0.1) is 0 Å². The second-order valence-corrected chi connectivity index (χ2v) is 4.95. The molecule has 0 unspecified atom stereocenters. The van der Waals surface area contributed by atoms with Gasteiger partial charge in [0.15, 0.2) is 0 Å². The first-order valence-electron chi connectivity index (χ1n) is 6.74. The number of aliphatic hydroxyl groups is 1. The minimum absolute atomic E-state index is 0.0346. The quantitative estimate of drug-likeness (QED) is 0.918. The highest BCUT2D eigenvalue weighted by molar-refractivity contribution is 5.94. The van der Waals surface area contributed by atoms with Crippen molar-refractivity contribution in [1.82, 2.24) is 4.90 Å². The van der Waals surface area contributed by atoms with Crippen molar-refractivity contribution >= 4 is 5.91 Å². The average molecular weight is 285 g/mol. The van der Waals surface area contributed by atoms with E-state index in [9.17, 15) is 9.90 Å². The van der Waals surface area contributed by atoms with Crippen LogP contribution in [0.4, 0.5) is 0 Å². The van der Waals surface area contributed by atoms with Gasteiger partial charge in [0.1, 0.15) is 12.4 Å². The molecule has 0 fully saturated rings. The van der Waals surface area contributed by atoms with E-state index in [1.165, 1.54) is 0 Å². The van der Waals surface area contributed by atoms with Crippen LogP contribution in [0.3, 0.4) is 0 Å². The van der Waals surface area contributed by atoms with Crippen molar-refractivity contribution < 1.29 is 14.6 Å². The molecule has 1 N–H and O–H groups in total. The van der Waals surface area contributed by atoms with Crippen molar-refractivity contribution in [3.8, 4) is 5.75 Å². The molecule has 0 heterocycles. The van der Waals surface area contributed by atoms with Crippen LogP contribution in [0, 0.1) is 0 Å². The molecule has 2 aromatic rings. The third-order valence-electron chi connectivity index (χ3n) is 3.12. The van der Waals surface area contributed by atoms with Crippen molar-refractivity contribution in [3.05, 3.63) is 65.2 Å². The Labute approximate surface area is 124 Å². The Kier molecular flexibility index (Phi) is 4.95. The van der Waals surface area contributed by atoms with Crippen LogP contribution in [0.1, 0.15) is 21.5 Å². The predicted molar refractivity (Wildman–Crippen MR) is 81.2 cm³/mol. The molecular formula is C17H19NO3. The molecule has 0 aromatic heterocycles. The molecule has 0 atom stereocenters. The van der Waals surface area contributed by atoms with E-state index in [0.29, 0.717) is 17.9 Å². The average Bonchev–Trinajstić information content (AvgIpc) is 2.52. The molecule has 21 heavy (non-hydrogen) atoms. The van der Waals surface area contributed by atoms with Gasteiger partial charge in [-0.1, -0.05) is 30.3 Å². The summed E-state index contributed by atoms with van der Waals surface area (Å²) in [6.07, 6.45) is 0. The first kappa shape index (κ1) is 15.1. The number of hydrogen-bond acceptors (Lipinski definition) is 3. The van der Waals surface area contributed by atoms with Gasteiger partial charge in [-0.3, -0.25) is 4.79 Å². The summed E-state index contributed by atoms with van der Waals surface area (Å²) in [6, 6.07) is 14.7. The number of rotatable bonds is 5. The van der Waals surface area contributed by atoms with Gasteiger partial charge in [0.25, 0.3) is 5.91 Å². The van der Waals surface area contributed by atoms with E-state index >= 15 is 0 Å². The summed E-state index contributed by atoms with van der Waals surface area (Å²) in [5.41, 5.74) is 2.30. The molecule has 4 nitrogen and oxygen atoms in total. The van der Waals surface area contributed by atoms with Crippen molar-refractivity contribution in [2.24, 2.45) is 0 Å². The molecule has 0 aliphatic heterocycles. The van der Waals surface area contributed by atoms with Crippen LogP contribution < -0.4 is 4.74 Å². The summed E-state index contributed by atoms with van der Waals surface area (Å²) in [5, 5.41) is 9.26. The Morgan fingerprint density at radius 3 is 2.62 bits per heavy atom. The molecule has 0 aliphatic rings. The lowest BCUT2D eigenvalue weighted by molar-refractivity contribution is 0.0827. The summed E-state index contributed by atoms with van der Waals surface area (Å²) >= 11 is 0. The fourth-order valence-corrected chi connectivity index (χ4v) is 1.99. The normalized spacial score (nSPS) is 10.2. The Hall–Kier alpha value is -2.33. The highest BCUT2D eigenvalue weighted by Crippen LogP contribution is 2.19. The van der Waals surface area contributed by atoms with Crippen LogP contribution in [0.25, 0.3) is 0 Å². The minimum Gasteiger partial charge on any atom is -0.489 e. The van der Waals surface area contributed by atoms with E-state index in [1.54, 1.807) is 25.1 Å². The Morgan fingerprint density at radius 2 is 1.90 bits per heavy atom. The second kappa shape index (κ2) is 6.90. The zero-order valence-corrected chi connectivity index (χ0v) is 12.2. The molecule has 2 rings (SSSR count). The van der Waals surface area contributed by atoms with Gasteiger partial charge >= 0.3 is 0 Å². The number of nitrogens with zero attached hydrogens (tertiary/aromatic N) is 1. The fraction of sp³-hybridized carbons (Fsp3) is 0.235. The first-order valence-corrected chi connectivity index (χ1v) is 6.74. The standard InChI is InChI=1S/C17H19NO3/c1-18(2)17(20)14-8-5-6-13(10-14)12-21-16-9-4-3-7-15(16)11-19/h3-10,19H,11-12H2,1-2H3. The van der Waals surface area contributed by atoms with Gasteiger partial charge in [0, 0.05) is 25.2 Å². The molecule has 0 spiro atoms. The van der Waals surface area contributed by atoms with Crippen molar-refractivity contribution in [3.63, 3.8) is 0 Å². The monoisotopic (exact) mass is 285 g/mol. The lowest BCUT2D eigenvalue weighted by Crippen LogP contribution is -2.21. The molecule has 4 heteroatoms. The summed E-state index contributed by atoms with van der Waals surface area (Å²) in [7, 11) is 3.45. The molecule has 2 aromatic carbocycles. The molecule has 0 radical (unpaired) electrons. The molecule has 0 bridgehead atoms. The summed E-state index contributed by atoms with van der Waals surface area (Å²) in [6.45, 7) is 0.293. The number of para-hydroxylation sites is 1. The molecular weight excluding hydrogens is 266 g/mol. The van der Waals surface area contributed by atoms with E-state index in [4.69, 9.17) is 4.74 Å². The third-order valence-corrected chi connectivity index (χ3v) is 3.12. The highest BCUT2D eigenvalue weighted by Gasteiger charge is 2.08. The van der Waals surface area contributed by atoms with Gasteiger partial charge in [0.2, 0.25) is 0 Å². The van der Waals surface area contributed by atoms with Gasteiger partial charge in [-0.25, -0.2) is 0 Å². The lowest BCUT2D eigenvalue weighted by atomic mass is 10.1. The Morgan fingerprint density at radius 1 is 1.14 bits per heavy atom. The number of benzene rings is 2. The smallest absolute Gasteiger partial charge is 0.253 e. The zero-order valence-electron chi connectivity index (χ0n) is 12.2. The summed E-state index contributed by atoms with van der Waals surface area (Å²) in [5.74, 6) is 0.622. The van der Waals surface area contributed by atoms with Crippen LogP contribution >= 0.6 is 0 Å². The number of ether oxygens (including phenoxy) is 1. The van der Waals surface area contributed by atoms with Gasteiger partial charge in [-0.2, -0.15) is 0 Å².